The molecule has 0 bridgehead atoms. The second-order valence-corrected chi connectivity index (χ2v) is 5.68. The zero-order valence-corrected chi connectivity index (χ0v) is 11.8. The first-order valence-electron chi connectivity index (χ1n) is 5.31. The number of thiazole rings is 1. The summed E-state index contributed by atoms with van der Waals surface area (Å²) in [5, 5.41) is 3.02. The molecule has 2 aromatic rings. The van der Waals surface area contributed by atoms with Gasteiger partial charge in [-0.1, -0.05) is 34.1 Å². The largest absolute Gasteiger partial charge is 0.300 e. The summed E-state index contributed by atoms with van der Waals surface area (Å²) in [4.78, 5) is 15.5. The Balaban J connectivity index is 2.12. The first kappa shape index (κ1) is 12.5. The molecule has 0 N–H and O–H groups in total. The van der Waals surface area contributed by atoms with Crippen molar-refractivity contribution < 1.29 is 4.79 Å². The molecule has 0 aliphatic rings. The Bertz CT molecular complexity index is 536. The Morgan fingerprint density at radius 1 is 1.41 bits per heavy atom. The van der Waals surface area contributed by atoms with Crippen LogP contribution in [0.15, 0.2) is 34.1 Å². The number of carbonyl (C=O) groups excluding carboxylic acids is 1. The Morgan fingerprint density at radius 2 is 2.18 bits per heavy atom. The first-order valence-corrected chi connectivity index (χ1v) is 6.98. The maximum atomic E-state index is 11.0. The van der Waals surface area contributed by atoms with Gasteiger partial charge in [0.25, 0.3) is 0 Å². The molecule has 4 heteroatoms. The lowest BCUT2D eigenvalue weighted by Gasteiger charge is -2.00. The number of nitrogens with zero attached hydrogens (tertiary/aromatic N) is 1. The fourth-order valence-electron chi connectivity index (χ4n) is 1.57. The Labute approximate surface area is 113 Å². The summed E-state index contributed by atoms with van der Waals surface area (Å²) >= 11 is 5.13. The van der Waals surface area contributed by atoms with E-state index >= 15 is 0 Å². The number of carbonyl (C=O) groups is 1. The summed E-state index contributed by atoms with van der Waals surface area (Å²) in [7, 11) is 0. The van der Waals surface area contributed by atoms with Crippen molar-refractivity contribution >= 4 is 33.0 Å². The molecule has 1 heterocycles. The second kappa shape index (κ2) is 5.56. The lowest BCUT2D eigenvalue weighted by Crippen LogP contribution is -1.97. The van der Waals surface area contributed by atoms with E-state index in [9.17, 15) is 4.79 Å². The Hall–Kier alpha value is -1.000. The first-order chi connectivity index (χ1) is 8.15. The van der Waals surface area contributed by atoms with E-state index in [1.54, 1.807) is 18.3 Å². The van der Waals surface area contributed by atoms with Crippen LogP contribution >= 0.6 is 27.3 Å². The minimum Gasteiger partial charge on any atom is -0.300 e. The van der Waals surface area contributed by atoms with Crippen molar-refractivity contribution in [1.82, 2.24) is 4.98 Å². The van der Waals surface area contributed by atoms with Gasteiger partial charge < -0.3 is 0 Å². The van der Waals surface area contributed by atoms with Crippen LogP contribution in [-0.2, 0) is 17.6 Å². The summed E-state index contributed by atoms with van der Waals surface area (Å²) < 4.78 is 1.10. The minimum atomic E-state index is 0.155. The molecule has 0 aliphatic carbocycles. The van der Waals surface area contributed by atoms with Crippen molar-refractivity contribution in [2.24, 2.45) is 0 Å². The average Bonchev–Trinajstić information content (AvgIpc) is 2.68. The Morgan fingerprint density at radius 3 is 2.88 bits per heavy atom. The molecular formula is C13H12BrNOS. The van der Waals surface area contributed by atoms with Crippen LogP contribution in [0.25, 0.3) is 0 Å². The van der Waals surface area contributed by atoms with Crippen molar-refractivity contribution in [3.05, 3.63) is 50.4 Å². The quantitative estimate of drug-likeness (QED) is 0.863. The molecular weight excluding hydrogens is 298 g/mol. The summed E-state index contributed by atoms with van der Waals surface area (Å²) in [5.41, 5.74) is 2.10. The number of rotatable bonds is 4. The summed E-state index contributed by atoms with van der Waals surface area (Å²) in [6.07, 6.45) is 1.25. The summed E-state index contributed by atoms with van der Waals surface area (Å²) in [6.45, 7) is 1.59. The van der Waals surface area contributed by atoms with E-state index in [-0.39, 0.29) is 5.78 Å². The van der Waals surface area contributed by atoms with Crippen molar-refractivity contribution in [1.29, 1.82) is 0 Å². The fourth-order valence-corrected chi connectivity index (χ4v) is 2.81. The van der Waals surface area contributed by atoms with Gasteiger partial charge in [0.1, 0.15) is 5.78 Å². The third-order valence-corrected chi connectivity index (χ3v) is 4.00. The summed E-state index contributed by atoms with van der Waals surface area (Å²) in [6, 6.07) is 8.12. The van der Waals surface area contributed by atoms with E-state index in [1.165, 1.54) is 5.56 Å². The maximum absolute atomic E-state index is 11.0. The number of Topliss-reactive ketones (excluding diaryl/α,β-unsaturated/α-hetero) is 1. The number of halogens is 1. The van der Waals surface area contributed by atoms with Gasteiger partial charge >= 0.3 is 0 Å². The van der Waals surface area contributed by atoms with Gasteiger partial charge in [-0.2, -0.15) is 0 Å². The van der Waals surface area contributed by atoms with Gasteiger partial charge in [0.2, 0.25) is 0 Å². The Kier molecular flexibility index (Phi) is 4.07. The molecule has 0 amide bonds. The number of aromatic nitrogens is 1. The third-order valence-electron chi connectivity index (χ3n) is 2.33. The van der Waals surface area contributed by atoms with E-state index < -0.39 is 0 Å². The van der Waals surface area contributed by atoms with Gasteiger partial charge in [0.15, 0.2) is 0 Å². The van der Waals surface area contributed by atoms with Crippen LogP contribution in [0.3, 0.4) is 0 Å². The fraction of sp³-hybridized carbons (Fsp3) is 0.231. The molecule has 1 aromatic heterocycles. The summed E-state index contributed by atoms with van der Waals surface area (Å²) in [5.74, 6) is 0.155. The number of benzene rings is 1. The molecule has 1 aromatic carbocycles. The van der Waals surface area contributed by atoms with E-state index in [1.807, 2.05) is 23.6 Å². The maximum Gasteiger partial charge on any atom is 0.135 e. The van der Waals surface area contributed by atoms with Crippen LogP contribution in [0, 0.1) is 0 Å². The van der Waals surface area contributed by atoms with Gasteiger partial charge in [-0.05, 0) is 18.6 Å². The molecule has 0 aliphatic heterocycles. The van der Waals surface area contributed by atoms with Crippen LogP contribution in [0.1, 0.15) is 23.2 Å². The SMILES string of the molecule is CC(=O)Cc1csc(Cc2ccccc2Br)n1. The average molecular weight is 310 g/mol. The van der Waals surface area contributed by atoms with Crippen LogP contribution in [-0.4, -0.2) is 10.8 Å². The van der Waals surface area contributed by atoms with Gasteiger partial charge in [0.05, 0.1) is 10.7 Å². The molecule has 88 valence electrons. The molecule has 0 saturated heterocycles. The normalized spacial score (nSPS) is 10.5. The number of ketones is 1. The predicted octanol–water partition coefficient (Wildman–Crippen LogP) is 3.63. The molecule has 0 saturated carbocycles. The standard InChI is InChI=1S/C13H12BrNOS/c1-9(16)6-11-8-17-13(15-11)7-10-4-2-3-5-12(10)14/h2-5,8H,6-7H2,1H3. The van der Waals surface area contributed by atoms with Gasteiger partial charge in [-0.3, -0.25) is 4.79 Å². The van der Waals surface area contributed by atoms with E-state index in [0.717, 1.165) is 21.6 Å². The zero-order valence-electron chi connectivity index (χ0n) is 9.44. The van der Waals surface area contributed by atoms with Gasteiger partial charge in [0, 0.05) is 22.7 Å². The van der Waals surface area contributed by atoms with Crippen LogP contribution in [0.5, 0.6) is 0 Å². The van der Waals surface area contributed by atoms with Crippen LogP contribution < -0.4 is 0 Å². The molecule has 0 unspecified atom stereocenters. The van der Waals surface area contributed by atoms with Crippen LogP contribution in [0.4, 0.5) is 0 Å². The molecule has 0 spiro atoms. The third kappa shape index (κ3) is 3.48. The predicted molar refractivity (Wildman–Crippen MR) is 73.4 cm³/mol. The molecule has 2 nitrogen and oxygen atoms in total. The molecule has 0 atom stereocenters. The monoisotopic (exact) mass is 309 g/mol. The van der Waals surface area contributed by atoms with Gasteiger partial charge in [-0.25, -0.2) is 4.98 Å². The lowest BCUT2D eigenvalue weighted by atomic mass is 10.2. The molecule has 0 radical (unpaired) electrons. The zero-order chi connectivity index (χ0) is 12.3. The minimum absolute atomic E-state index is 0.155. The highest BCUT2D eigenvalue weighted by atomic mass is 79.9. The number of hydrogen-bond acceptors (Lipinski definition) is 3. The highest BCUT2D eigenvalue weighted by Gasteiger charge is 2.06. The highest BCUT2D eigenvalue weighted by molar-refractivity contribution is 9.10. The van der Waals surface area contributed by atoms with Crippen molar-refractivity contribution in [3.63, 3.8) is 0 Å². The van der Waals surface area contributed by atoms with Crippen molar-refractivity contribution in [2.75, 3.05) is 0 Å². The molecule has 0 fully saturated rings. The smallest absolute Gasteiger partial charge is 0.135 e. The number of hydrogen-bond donors (Lipinski definition) is 0. The van der Waals surface area contributed by atoms with Crippen molar-refractivity contribution in [3.8, 4) is 0 Å². The topological polar surface area (TPSA) is 30.0 Å². The second-order valence-electron chi connectivity index (χ2n) is 3.88. The van der Waals surface area contributed by atoms with Crippen molar-refractivity contribution in [2.45, 2.75) is 19.8 Å². The van der Waals surface area contributed by atoms with E-state index in [2.05, 4.69) is 27.0 Å². The van der Waals surface area contributed by atoms with Crippen LogP contribution in [0.2, 0.25) is 0 Å². The molecule has 17 heavy (non-hydrogen) atoms. The van der Waals surface area contributed by atoms with Gasteiger partial charge in [-0.15, -0.1) is 11.3 Å². The highest BCUT2D eigenvalue weighted by Crippen LogP contribution is 2.21. The van der Waals surface area contributed by atoms with E-state index in [0.29, 0.717) is 6.42 Å². The molecule has 2 rings (SSSR count). The lowest BCUT2D eigenvalue weighted by molar-refractivity contribution is -0.116. The van der Waals surface area contributed by atoms with E-state index in [4.69, 9.17) is 0 Å².